The monoisotopic (exact) mass is 437 g/mol. The second kappa shape index (κ2) is 9.03. The number of aromatic amines is 1. The molecule has 0 atom stereocenters. The minimum atomic E-state index is -0.128. The van der Waals surface area contributed by atoms with E-state index in [1.807, 2.05) is 23.7 Å². The molecule has 0 unspecified atom stereocenters. The van der Waals surface area contributed by atoms with Gasteiger partial charge in [-0.3, -0.25) is 19.2 Å². The molecule has 8 nitrogen and oxygen atoms in total. The fraction of sp³-hybridized carbons (Fsp3) is 0.542. The Kier molecular flexibility index (Phi) is 5.97. The topological polar surface area (TPSA) is 92.2 Å². The van der Waals surface area contributed by atoms with Crippen molar-refractivity contribution < 1.29 is 9.53 Å². The summed E-state index contributed by atoms with van der Waals surface area (Å²) in [5, 5.41) is 9.12. The highest BCUT2D eigenvalue weighted by atomic mass is 16.5. The smallest absolute Gasteiger partial charge is 0.259 e. The fourth-order valence-electron chi connectivity index (χ4n) is 5.09. The number of morpholine rings is 1. The SMILES string of the molecule is Cc1cc2[nH]c(=O)c3cnn(C4CCCC4)c3c2cc1C(=O)NCCCN1CCOCC1. The Hall–Kier alpha value is -2.71. The average molecular weight is 438 g/mol. The molecule has 1 aliphatic heterocycles. The van der Waals surface area contributed by atoms with E-state index in [4.69, 9.17) is 4.74 Å². The number of pyridine rings is 1. The zero-order valence-corrected chi connectivity index (χ0v) is 18.7. The number of aryl methyl sites for hydroxylation is 1. The summed E-state index contributed by atoms with van der Waals surface area (Å²) in [4.78, 5) is 31.0. The van der Waals surface area contributed by atoms with Gasteiger partial charge in [-0.25, -0.2) is 0 Å². The maximum Gasteiger partial charge on any atom is 0.259 e. The second-order valence-corrected chi connectivity index (χ2v) is 9.02. The Balaban J connectivity index is 1.40. The van der Waals surface area contributed by atoms with Crippen LogP contribution in [0.2, 0.25) is 0 Å². The van der Waals surface area contributed by atoms with Gasteiger partial charge < -0.3 is 15.0 Å². The number of carbonyl (C=O) groups excluding carboxylic acids is 1. The van der Waals surface area contributed by atoms with Crippen molar-refractivity contribution in [3.63, 3.8) is 0 Å². The zero-order valence-electron chi connectivity index (χ0n) is 18.7. The average Bonchev–Trinajstić information content (AvgIpc) is 3.47. The quantitative estimate of drug-likeness (QED) is 0.579. The lowest BCUT2D eigenvalue weighted by Crippen LogP contribution is -2.38. The molecule has 1 aromatic carbocycles. The van der Waals surface area contributed by atoms with Crippen molar-refractivity contribution in [2.75, 3.05) is 39.4 Å². The van der Waals surface area contributed by atoms with Gasteiger partial charge in [0.05, 0.1) is 41.9 Å². The number of fused-ring (bicyclic) bond motifs is 3. The number of H-pyrrole nitrogens is 1. The third kappa shape index (κ3) is 4.04. The van der Waals surface area contributed by atoms with Gasteiger partial charge in [0.1, 0.15) is 0 Å². The second-order valence-electron chi connectivity index (χ2n) is 9.02. The van der Waals surface area contributed by atoms with E-state index in [0.29, 0.717) is 23.5 Å². The van der Waals surface area contributed by atoms with Crippen molar-refractivity contribution in [3.8, 4) is 0 Å². The first kappa shape index (κ1) is 21.2. The van der Waals surface area contributed by atoms with E-state index in [1.165, 1.54) is 12.8 Å². The van der Waals surface area contributed by atoms with E-state index in [1.54, 1.807) is 6.20 Å². The van der Waals surface area contributed by atoms with Crippen LogP contribution in [0.4, 0.5) is 0 Å². The lowest BCUT2D eigenvalue weighted by molar-refractivity contribution is 0.0374. The van der Waals surface area contributed by atoms with Gasteiger partial charge in [0.25, 0.3) is 11.5 Å². The predicted molar refractivity (Wildman–Crippen MR) is 124 cm³/mol. The van der Waals surface area contributed by atoms with Crippen LogP contribution in [-0.4, -0.2) is 65.0 Å². The van der Waals surface area contributed by atoms with Gasteiger partial charge in [0.15, 0.2) is 0 Å². The molecule has 2 aromatic heterocycles. The molecule has 2 aliphatic rings. The molecule has 0 radical (unpaired) electrons. The first-order valence-corrected chi connectivity index (χ1v) is 11.7. The molecule has 32 heavy (non-hydrogen) atoms. The van der Waals surface area contributed by atoms with Crippen molar-refractivity contribution in [2.24, 2.45) is 0 Å². The van der Waals surface area contributed by atoms with E-state index in [0.717, 1.165) is 74.1 Å². The maximum absolute atomic E-state index is 13.0. The number of ether oxygens (including phenoxy) is 1. The number of aromatic nitrogens is 3. The Bertz CT molecular complexity index is 1190. The van der Waals surface area contributed by atoms with Crippen LogP contribution in [0.1, 0.15) is 54.1 Å². The molecular formula is C24H31N5O3. The van der Waals surface area contributed by atoms with Crippen molar-refractivity contribution in [1.29, 1.82) is 0 Å². The number of nitrogens with one attached hydrogen (secondary N) is 2. The predicted octanol–water partition coefficient (Wildman–Crippen LogP) is 2.75. The summed E-state index contributed by atoms with van der Waals surface area (Å²) in [6.45, 7) is 7.00. The summed E-state index contributed by atoms with van der Waals surface area (Å²) in [5.41, 5.74) is 2.97. The molecule has 1 saturated carbocycles. The van der Waals surface area contributed by atoms with Crippen molar-refractivity contribution >= 4 is 27.7 Å². The van der Waals surface area contributed by atoms with Crippen molar-refractivity contribution in [3.05, 3.63) is 39.8 Å². The van der Waals surface area contributed by atoms with Crippen molar-refractivity contribution in [2.45, 2.75) is 45.1 Å². The summed E-state index contributed by atoms with van der Waals surface area (Å²) in [6.07, 6.45) is 7.09. The zero-order chi connectivity index (χ0) is 22.1. The van der Waals surface area contributed by atoms with Crippen LogP contribution in [0.25, 0.3) is 21.8 Å². The largest absolute Gasteiger partial charge is 0.379 e. The molecule has 170 valence electrons. The van der Waals surface area contributed by atoms with Crippen LogP contribution in [0.15, 0.2) is 23.1 Å². The van der Waals surface area contributed by atoms with Crippen LogP contribution in [0, 0.1) is 6.92 Å². The van der Waals surface area contributed by atoms with E-state index >= 15 is 0 Å². The third-order valence-electron chi connectivity index (χ3n) is 6.86. The Morgan fingerprint density at radius 1 is 1.22 bits per heavy atom. The molecule has 1 saturated heterocycles. The van der Waals surface area contributed by atoms with E-state index in [2.05, 4.69) is 20.3 Å². The highest BCUT2D eigenvalue weighted by Gasteiger charge is 2.22. The first-order valence-electron chi connectivity index (χ1n) is 11.7. The molecule has 2 fully saturated rings. The van der Waals surface area contributed by atoms with Gasteiger partial charge in [0, 0.05) is 30.6 Å². The summed E-state index contributed by atoms with van der Waals surface area (Å²) < 4.78 is 7.40. The molecule has 8 heteroatoms. The van der Waals surface area contributed by atoms with Crippen LogP contribution in [0.3, 0.4) is 0 Å². The van der Waals surface area contributed by atoms with Gasteiger partial charge in [-0.15, -0.1) is 0 Å². The van der Waals surface area contributed by atoms with E-state index < -0.39 is 0 Å². The molecule has 0 spiro atoms. The molecule has 3 heterocycles. The number of carbonyl (C=O) groups is 1. The standard InChI is InChI=1S/C24H31N5O3/c1-16-13-21-19(14-18(16)23(30)25-7-4-8-28-9-11-32-12-10-28)22-20(24(31)27-21)15-26-29(22)17-5-2-3-6-17/h13-15,17H,2-12H2,1H3,(H,25,30)(H,27,31). The minimum Gasteiger partial charge on any atom is -0.379 e. The van der Waals surface area contributed by atoms with Crippen LogP contribution < -0.4 is 10.9 Å². The normalized spacial score (nSPS) is 18.0. The third-order valence-corrected chi connectivity index (χ3v) is 6.86. The van der Waals surface area contributed by atoms with Crippen LogP contribution in [-0.2, 0) is 4.74 Å². The Labute approximate surface area is 186 Å². The van der Waals surface area contributed by atoms with Gasteiger partial charge in [-0.1, -0.05) is 12.8 Å². The van der Waals surface area contributed by atoms with E-state index in [-0.39, 0.29) is 11.5 Å². The van der Waals surface area contributed by atoms with Gasteiger partial charge in [0.2, 0.25) is 0 Å². The Morgan fingerprint density at radius 3 is 2.78 bits per heavy atom. The summed E-state index contributed by atoms with van der Waals surface area (Å²) in [6, 6.07) is 4.15. The van der Waals surface area contributed by atoms with Gasteiger partial charge >= 0.3 is 0 Å². The molecule has 1 aliphatic carbocycles. The minimum absolute atomic E-state index is 0.0716. The first-order chi connectivity index (χ1) is 15.6. The Morgan fingerprint density at radius 2 is 2.00 bits per heavy atom. The van der Waals surface area contributed by atoms with E-state index in [9.17, 15) is 9.59 Å². The lowest BCUT2D eigenvalue weighted by Gasteiger charge is -2.26. The summed E-state index contributed by atoms with van der Waals surface area (Å²) >= 11 is 0. The van der Waals surface area contributed by atoms with Gasteiger partial charge in [-0.2, -0.15) is 5.10 Å². The lowest BCUT2D eigenvalue weighted by atomic mass is 10.0. The van der Waals surface area contributed by atoms with Crippen molar-refractivity contribution in [1.82, 2.24) is 25.0 Å². The number of nitrogens with zero attached hydrogens (tertiary/aromatic N) is 3. The number of hydrogen-bond acceptors (Lipinski definition) is 5. The summed E-state index contributed by atoms with van der Waals surface area (Å²) in [5.74, 6) is -0.0716. The van der Waals surface area contributed by atoms with Crippen LogP contribution in [0.5, 0.6) is 0 Å². The number of hydrogen-bond donors (Lipinski definition) is 2. The molecule has 2 N–H and O–H groups in total. The molecule has 0 bridgehead atoms. The maximum atomic E-state index is 13.0. The van der Waals surface area contributed by atoms with Gasteiger partial charge in [-0.05, 0) is 50.4 Å². The van der Waals surface area contributed by atoms with Crippen LogP contribution >= 0.6 is 0 Å². The molecule has 5 rings (SSSR count). The summed E-state index contributed by atoms with van der Waals surface area (Å²) in [7, 11) is 0. The number of amides is 1. The number of rotatable bonds is 6. The molecule has 1 amide bonds. The fourth-order valence-corrected chi connectivity index (χ4v) is 5.09. The molecule has 3 aromatic rings. The molecular weight excluding hydrogens is 406 g/mol. The highest BCUT2D eigenvalue weighted by Crippen LogP contribution is 2.33. The highest BCUT2D eigenvalue weighted by molar-refractivity contribution is 6.07. The number of benzene rings is 1.